The van der Waals surface area contributed by atoms with Gasteiger partial charge in [-0.1, -0.05) is 0 Å². The van der Waals surface area contributed by atoms with E-state index in [9.17, 15) is 4.79 Å². The molecule has 0 aromatic heterocycles. The fourth-order valence-corrected chi connectivity index (χ4v) is 1.98. The number of nitrogens with zero attached hydrogens (tertiary/aromatic N) is 1. The van der Waals surface area contributed by atoms with Gasteiger partial charge in [0.25, 0.3) is 5.91 Å². The summed E-state index contributed by atoms with van der Waals surface area (Å²) in [5.74, 6) is 0.482. The molecule has 5 nitrogen and oxygen atoms in total. The topological polar surface area (TPSA) is 70.4 Å². The number of carbonyl (C=O) groups excluding carboxylic acids is 1. The Kier molecular flexibility index (Phi) is 5.01. The van der Waals surface area contributed by atoms with Crippen molar-refractivity contribution in [2.24, 2.45) is 11.7 Å². The summed E-state index contributed by atoms with van der Waals surface area (Å²) in [6.07, 6.45) is 3.09. The van der Waals surface area contributed by atoms with Crippen LogP contribution in [0, 0.1) is 5.92 Å². The van der Waals surface area contributed by atoms with Gasteiger partial charge < -0.3 is 10.6 Å². The number of nitrogens with two attached hydrogens (primary N) is 1. The number of rotatable bonds is 4. The fourth-order valence-electron chi connectivity index (χ4n) is 1.98. The van der Waals surface area contributed by atoms with Crippen molar-refractivity contribution < 1.29 is 4.79 Å². The normalized spacial score (nSPS) is 21.3. The molecule has 4 N–H and O–H groups in total. The SMILES string of the molecule is CNNC(=O)C(N)CC1CCN(C)CC1. The number of piperidine rings is 1. The summed E-state index contributed by atoms with van der Waals surface area (Å²) in [4.78, 5) is 13.7. The molecule has 0 aliphatic carbocycles. The highest BCUT2D eigenvalue weighted by Gasteiger charge is 2.22. The Morgan fingerprint density at radius 3 is 2.67 bits per heavy atom. The first kappa shape index (κ1) is 12.4. The van der Waals surface area contributed by atoms with E-state index >= 15 is 0 Å². The molecule has 1 rings (SSSR count). The van der Waals surface area contributed by atoms with E-state index in [1.165, 1.54) is 0 Å². The van der Waals surface area contributed by atoms with E-state index in [4.69, 9.17) is 5.73 Å². The Bertz CT molecular complexity index is 202. The van der Waals surface area contributed by atoms with Crippen LogP contribution in [0.15, 0.2) is 0 Å². The zero-order chi connectivity index (χ0) is 11.3. The van der Waals surface area contributed by atoms with Crippen molar-refractivity contribution in [1.82, 2.24) is 15.8 Å². The first-order valence-corrected chi connectivity index (χ1v) is 5.54. The summed E-state index contributed by atoms with van der Waals surface area (Å²) in [5, 5.41) is 0. The standard InChI is InChI=1S/C10H22N4O/c1-12-13-10(15)9(11)7-8-3-5-14(2)6-4-8/h8-9,12H,3-7,11H2,1-2H3,(H,13,15). The van der Waals surface area contributed by atoms with Gasteiger partial charge in [-0.2, -0.15) is 0 Å². The van der Waals surface area contributed by atoms with E-state index in [0.29, 0.717) is 5.92 Å². The molecular formula is C10H22N4O. The third-order valence-electron chi connectivity index (χ3n) is 3.01. The summed E-state index contributed by atoms with van der Waals surface area (Å²) >= 11 is 0. The quantitative estimate of drug-likeness (QED) is 0.541. The van der Waals surface area contributed by atoms with Crippen molar-refractivity contribution in [2.45, 2.75) is 25.3 Å². The van der Waals surface area contributed by atoms with Gasteiger partial charge in [0.05, 0.1) is 6.04 Å². The van der Waals surface area contributed by atoms with Crippen LogP contribution in [0.3, 0.4) is 0 Å². The van der Waals surface area contributed by atoms with Crippen molar-refractivity contribution >= 4 is 5.91 Å². The van der Waals surface area contributed by atoms with Gasteiger partial charge in [0.2, 0.25) is 0 Å². The molecule has 0 aromatic rings. The largest absolute Gasteiger partial charge is 0.320 e. The van der Waals surface area contributed by atoms with Crippen LogP contribution in [-0.4, -0.2) is 44.0 Å². The molecule has 15 heavy (non-hydrogen) atoms. The average molecular weight is 214 g/mol. The molecule has 0 saturated carbocycles. The second-order valence-electron chi connectivity index (χ2n) is 4.33. The van der Waals surface area contributed by atoms with Gasteiger partial charge in [-0.15, -0.1) is 0 Å². The van der Waals surface area contributed by atoms with E-state index < -0.39 is 0 Å². The predicted molar refractivity (Wildman–Crippen MR) is 60.0 cm³/mol. The summed E-state index contributed by atoms with van der Waals surface area (Å²) in [6, 6.07) is -0.383. The molecule has 1 heterocycles. The number of hydrogen-bond donors (Lipinski definition) is 3. The molecule has 0 radical (unpaired) electrons. The van der Waals surface area contributed by atoms with E-state index in [0.717, 1.165) is 32.4 Å². The van der Waals surface area contributed by atoms with Crippen molar-refractivity contribution in [3.05, 3.63) is 0 Å². The molecule has 1 saturated heterocycles. The number of nitrogens with one attached hydrogen (secondary N) is 2. The van der Waals surface area contributed by atoms with Crippen LogP contribution in [0.1, 0.15) is 19.3 Å². The maximum absolute atomic E-state index is 11.4. The van der Waals surface area contributed by atoms with Gasteiger partial charge >= 0.3 is 0 Å². The predicted octanol–water partition coefficient (Wildman–Crippen LogP) is -0.704. The Balaban J connectivity index is 2.25. The van der Waals surface area contributed by atoms with Crippen molar-refractivity contribution in [3.63, 3.8) is 0 Å². The van der Waals surface area contributed by atoms with Gasteiger partial charge in [0, 0.05) is 7.05 Å². The molecule has 5 heteroatoms. The van der Waals surface area contributed by atoms with Crippen LogP contribution in [0.25, 0.3) is 0 Å². The summed E-state index contributed by atoms with van der Waals surface area (Å²) < 4.78 is 0. The highest BCUT2D eigenvalue weighted by Crippen LogP contribution is 2.20. The first-order valence-electron chi connectivity index (χ1n) is 5.54. The summed E-state index contributed by atoms with van der Waals surface area (Å²) in [5.41, 5.74) is 10.9. The van der Waals surface area contributed by atoms with Gasteiger partial charge in [-0.3, -0.25) is 10.2 Å². The Morgan fingerprint density at radius 2 is 2.13 bits per heavy atom. The molecule has 1 aliphatic heterocycles. The van der Waals surface area contributed by atoms with Crippen molar-refractivity contribution in [1.29, 1.82) is 0 Å². The minimum absolute atomic E-state index is 0.114. The molecule has 1 atom stereocenters. The van der Waals surface area contributed by atoms with Crippen LogP contribution in [0.4, 0.5) is 0 Å². The highest BCUT2D eigenvalue weighted by molar-refractivity contribution is 5.80. The third kappa shape index (κ3) is 4.15. The lowest BCUT2D eigenvalue weighted by atomic mass is 9.90. The zero-order valence-corrected chi connectivity index (χ0v) is 9.62. The molecule has 1 fully saturated rings. The number of carbonyl (C=O) groups is 1. The fraction of sp³-hybridized carbons (Fsp3) is 0.900. The maximum Gasteiger partial charge on any atom is 0.250 e. The van der Waals surface area contributed by atoms with Crippen molar-refractivity contribution in [2.75, 3.05) is 27.2 Å². The average Bonchev–Trinajstić information content (AvgIpc) is 2.22. The molecule has 1 amide bonds. The number of amides is 1. The van der Waals surface area contributed by atoms with Crippen LogP contribution in [-0.2, 0) is 4.79 Å². The van der Waals surface area contributed by atoms with Crippen molar-refractivity contribution in [3.8, 4) is 0 Å². The number of likely N-dealkylation sites (tertiary alicyclic amines) is 1. The Labute approximate surface area is 91.3 Å². The Hall–Kier alpha value is -0.650. The van der Waals surface area contributed by atoms with Gasteiger partial charge in [-0.05, 0) is 45.3 Å². The monoisotopic (exact) mass is 214 g/mol. The lowest BCUT2D eigenvalue weighted by Crippen LogP contribution is -2.47. The maximum atomic E-state index is 11.4. The third-order valence-corrected chi connectivity index (χ3v) is 3.01. The lowest BCUT2D eigenvalue weighted by Gasteiger charge is -2.30. The molecule has 0 spiro atoms. The van der Waals surface area contributed by atoms with E-state index in [2.05, 4.69) is 22.8 Å². The van der Waals surface area contributed by atoms with E-state index in [-0.39, 0.29) is 11.9 Å². The summed E-state index contributed by atoms with van der Waals surface area (Å²) in [7, 11) is 3.80. The van der Waals surface area contributed by atoms with E-state index in [1.54, 1.807) is 7.05 Å². The Morgan fingerprint density at radius 1 is 1.53 bits per heavy atom. The minimum atomic E-state index is -0.383. The second-order valence-corrected chi connectivity index (χ2v) is 4.33. The van der Waals surface area contributed by atoms with Crippen LogP contribution in [0.5, 0.6) is 0 Å². The lowest BCUT2D eigenvalue weighted by molar-refractivity contribution is -0.123. The van der Waals surface area contributed by atoms with Gasteiger partial charge in [0.1, 0.15) is 0 Å². The van der Waals surface area contributed by atoms with Crippen LogP contribution >= 0.6 is 0 Å². The minimum Gasteiger partial charge on any atom is -0.320 e. The second kappa shape index (κ2) is 6.05. The van der Waals surface area contributed by atoms with Gasteiger partial charge in [-0.25, -0.2) is 5.43 Å². The van der Waals surface area contributed by atoms with Gasteiger partial charge in [0.15, 0.2) is 0 Å². The molecule has 0 bridgehead atoms. The first-order chi connectivity index (χ1) is 7.13. The number of hydrazine groups is 1. The summed E-state index contributed by atoms with van der Waals surface area (Å²) in [6.45, 7) is 2.23. The molecule has 0 aromatic carbocycles. The smallest absolute Gasteiger partial charge is 0.250 e. The van der Waals surface area contributed by atoms with Crippen LogP contribution in [0.2, 0.25) is 0 Å². The molecular weight excluding hydrogens is 192 g/mol. The molecule has 1 aliphatic rings. The highest BCUT2D eigenvalue weighted by atomic mass is 16.2. The zero-order valence-electron chi connectivity index (χ0n) is 9.62. The van der Waals surface area contributed by atoms with E-state index in [1.807, 2.05) is 0 Å². The number of hydrogen-bond acceptors (Lipinski definition) is 4. The molecule has 88 valence electrons. The molecule has 1 unspecified atom stereocenters. The van der Waals surface area contributed by atoms with Crippen LogP contribution < -0.4 is 16.6 Å².